The van der Waals surface area contributed by atoms with Gasteiger partial charge in [-0.15, -0.1) is 0 Å². The van der Waals surface area contributed by atoms with Crippen LogP contribution in [-0.2, 0) is 4.79 Å². The van der Waals surface area contributed by atoms with Crippen LogP contribution in [0.4, 0.5) is 0 Å². The smallest absolute Gasteiger partial charge is 0.247 e. The molecule has 1 aliphatic rings. The third kappa shape index (κ3) is 3.35. The maximum absolute atomic E-state index is 12.5. The average molecular weight is 327 g/mol. The highest BCUT2D eigenvalue weighted by molar-refractivity contribution is 5.93. The number of carbonyl (C=O) groups excluding carboxylic acids is 2. The van der Waals surface area contributed by atoms with Crippen molar-refractivity contribution in [2.75, 3.05) is 13.1 Å². The predicted molar refractivity (Wildman–Crippen MR) is 93.9 cm³/mol. The second-order valence-electron chi connectivity index (χ2n) is 7.15. The lowest BCUT2D eigenvalue weighted by molar-refractivity contribution is -0.133. The monoisotopic (exact) mass is 327 g/mol. The number of hydrogen-bond donors (Lipinski definition) is 0. The van der Waals surface area contributed by atoms with Crippen molar-refractivity contribution in [2.24, 2.45) is 11.8 Å². The van der Waals surface area contributed by atoms with Crippen molar-refractivity contribution in [1.82, 2.24) is 14.7 Å². The standard InChI is InChI=1S/C19H25N3O2/c1-13-10-14(2)12-21(11-13)18(23)8-9-19(24)22-17-7-5-4-6-16(17)15(3)20-22/h4-7,13-14H,8-12H2,1-3H3/t13-,14-/m0/s1. The van der Waals surface area contributed by atoms with Gasteiger partial charge in [0.05, 0.1) is 11.2 Å². The number of nitrogens with zero attached hydrogens (tertiary/aromatic N) is 3. The number of aromatic nitrogens is 2. The second kappa shape index (κ2) is 6.75. The number of benzene rings is 1. The van der Waals surface area contributed by atoms with E-state index >= 15 is 0 Å². The molecule has 1 amide bonds. The van der Waals surface area contributed by atoms with E-state index in [1.54, 1.807) is 0 Å². The van der Waals surface area contributed by atoms with Crippen LogP contribution in [0, 0.1) is 18.8 Å². The summed E-state index contributed by atoms with van der Waals surface area (Å²) in [5, 5.41) is 5.33. The maximum Gasteiger partial charge on any atom is 0.247 e. The van der Waals surface area contributed by atoms with Gasteiger partial charge in [0.25, 0.3) is 0 Å². The van der Waals surface area contributed by atoms with Crippen LogP contribution in [-0.4, -0.2) is 39.6 Å². The minimum Gasteiger partial charge on any atom is -0.342 e. The summed E-state index contributed by atoms with van der Waals surface area (Å²) in [6, 6.07) is 7.69. The zero-order chi connectivity index (χ0) is 17.3. The number of hydrogen-bond acceptors (Lipinski definition) is 3. The van der Waals surface area contributed by atoms with Crippen molar-refractivity contribution in [3.05, 3.63) is 30.0 Å². The van der Waals surface area contributed by atoms with E-state index in [9.17, 15) is 9.59 Å². The number of carbonyl (C=O) groups is 2. The third-order valence-corrected chi connectivity index (χ3v) is 4.78. The zero-order valence-electron chi connectivity index (χ0n) is 14.7. The first-order chi connectivity index (χ1) is 11.5. The maximum atomic E-state index is 12.5. The van der Waals surface area contributed by atoms with Gasteiger partial charge < -0.3 is 4.90 Å². The average Bonchev–Trinajstić information content (AvgIpc) is 2.89. The third-order valence-electron chi connectivity index (χ3n) is 4.78. The first kappa shape index (κ1) is 16.7. The minimum absolute atomic E-state index is 0.0786. The van der Waals surface area contributed by atoms with Crippen LogP contribution in [0.3, 0.4) is 0 Å². The highest BCUT2D eigenvalue weighted by atomic mass is 16.2. The molecule has 3 rings (SSSR count). The molecule has 1 saturated heterocycles. The highest BCUT2D eigenvalue weighted by Crippen LogP contribution is 2.22. The Balaban J connectivity index is 1.65. The van der Waals surface area contributed by atoms with Crippen LogP contribution in [0.15, 0.2) is 24.3 Å². The van der Waals surface area contributed by atoms with Crippen LogP contribution >= 0.6 is 0 Å². The highest BCUT2D eigenvalue weighted by Gasteiger charge is 2.25. The van der Waals surface area contributed by atoms with Gasteiger partial charge in [-0.3, -0.25) is 9.59 Å². The van der Waals surface area contributed by atoms with Crippen molar-refractivity contribution in [1.29, 1.82) is 0 Å². The quantitative estimate of drug-likeness (QED) is 0.869. The topological polar surface area (TPSA) is 55.2 Å². The molecule has 24 heavy (non-hydrogen) atoms. The molecule has 2 atom stereocenters. The molecule has 5 heteroatoms. The molecule has 0 spiro atoms. The van der Waals surface area contributed by atoms with Crippen LogP contribution < -0.4 is 0 Å². The molecule has 1 fully saturated rings. The van der Waals surface area contributed by atoms with Crippen LogP contribution in [0.25, 0.3) is 10.9 Å². The Labute approximate surface area is 142 Å². The summed E-state index contributed by atoms with van der Waals surface area (Å²) < 4.78 is 1.44. The van der Waals surface area contributed by atoms with Crippen LogP contribution in [0.5, 0.6) is 0 Å². The summed E-state index contributed by atoms with van der Waals surface area (Å²) in [6.45, 7) is 7.87. The number of amides is 1. The van der Waals surface area contributed by atoms with E-state index in [2.05, 4.69) is 18.9 Å². The van der Waals surface area contributed by atoms with Crippen molar-refractivity contribution >= 4 is 22.7 Å². The van der Waals surface area contributed by atoms with Gasteiger partial charge in [-0.05, 0) is 31.2 Å². The lowest BCUT2D eigenvalue weighted by Gasteiger charge is -2.35. The van der Waals surface area contributed by atoms with E-state index in [1.165, 1.54) is 11.1 Å². The molecule has 0 saturated carbocycles. The van der Waals surface area contributed by atoms with Crippen molar-refractivity contribution in [2.45, 2.75) is 40.0 Å². The summed E-state index contributed by atoms with van der Waals surface area (Å²) in [5.74, 6) is 1.03. The largest absolute Gasteiger partial charge is 0.342 e. The van der Waals surface area contributed by atoms with E-state index in [-0.39, 0.29) is 24.7 Å². The lowest BCUT2D eigenvalue weighted by Crippen LogP contribution is -2.42. The van der Waals surface area contributed by atoms with Crippen molar-refractivity contribution in [3.63, 3.8) is 0 Å². The second-order valence-corrected chi connectivity index (χ2v) is 7.15. The number of para-hydroxylation sites is 1. The SMILES string of the molecule is Cc1nn(C(=O)CCC(=O)N2C[C@@H](C)C[C@H](C)C2)c2ccccc12. The molecule has 128 valence electrons. The fourth-order valence-corrected chi connectivity index (χ4v) is 3.76. The van der Waals surface area contributed by atoms with E-state index in [0.29, 0.717) is 11.8 Å². The Morgan fingerprint density at radius 1 is 1.08 bits per heavy atom. The van der Waals surface area contributed by atoms with Gasteiger partial charge in [0.1, 0.15) is 0 Å². The fraction of sp³-hybridized carbons (Fsp3) is 0.526. The van der Waals surface area contributed by atoms with E-state index in [1.807, 2.05) is 36.1 Å². The molecule has 0 aliphatic carbocycles. The lowest BCUT2D eigenvalue weighted by atomic mass is 9.91. The number of piperidine rings is 1. The number of fused-ring (bicyclic) bond motifs is 1. The predicted octanol–water partition coefficient (Wildman–Crippen LogP) is 3.27. The summed E-state index contributed by atoms with van der Waals surface area (Å²) in [5.41, 5.74) is 1.65. The Morgan fingerprint density at radius 3 is 2.42 bits per heavy atom. The van der Waals surface area contributed by atoms with Gasteiger partial charge in [-0.1, -0.05) is 32.0 Å². The summed E-state index contributed by atoms with van der Waals surface area (Å²) in [6.07, 6.45) is 1.62. The van der Waals surface area contributed by atoms with E-state index < -0.39 is 0 Å². The van der Waals surface area contributed by atoms with E-state index in [4.69, 9.17) is 0 Å². The zero-order valence-corrected chi connectivity index (χ0v) is 14.7. The minimum atomic E-state index is -0.120. The van der Waals surface area contributed by atoms with Gasteiger partial charge in [-0.2, -0.15) is 9.78 Å². The van der Waals surface area contributed by atoms with Crippen molar-refractivity contribution in [3.8, 4) is 0 Å². The normalized spacial score (nSPS) is 21.2. The van der Waals surface area contributed by atoms with Gasteiger partial charge >= 0.3 is 0 Å². The first-order valence-corrected chi connectivity index (χ1v) is 8.71. The summed E-state index contributed by atoms with van der Waals surface area (Å²) >= 11 is 0. The van der Waals surface area contributed by atoms with Gasteiger partial charge in [-0.25, -0.2) is 0 Å². The van der Waals surface area contributed by atoms with Crippen LogP contribution in [0.1, 0.15) is 43.6 Å². The van der Waals surface area contributed by atoms with Crippen LogP contribution in [0.2, 0.25) is 0 Å². The molecule has 5 nitrogen and oxygen atoms in total. The van der Waals surface area contributed by atoms with Gasteiger partial charge in [0, 0.05) is 31.3 Å². The Hall–Kier alpha value is -2.17. The molecule has 2 heterocycles. The molecule has 1 aliphatic heterocycles. The van der Waals surface area contributed by atoms with E-state index in [0.717, 1.165) is 29.7 Å². The van der Waals surface area contributed by atoms with Crippen molar-refractivity contribution < 1.29 is 9.59 Å². The molecular weight excluding hydrogens is 302 g/mol. The molecule has 2 aromatic rings. The summed E-state index contributed by atoms with van der Waals surface area (Å²) in [4.78, 5) is 26.9. The molecule has 0 radical (unpaired) electrons. The number of rotatable bonds is 3. The molecule has 1 aromatic heterocycles. The molecule has 0 N–H and O–H groups in total. The first-order valence-electron chi connectivity index (χ1n) is 8.71. The molecule has 0 bridgehead atoms. The molecule has 0 unspecified atom stereocenters. The van der Waals surface area contributed by atoms with Gasteiger partial charge in [0.2, 0.25) is 11.8 Å². The number of aryl methyl sites for hydroxylation is 1. The Kier molecular flexibility index (Phi) is 4.69. The Morgan fingerprint density at radius 2 is 1.71 bits per heavy atom. The molecular formula is C19H25N3O2. The Bertz CT molecular complexity index is 755. The fourth-order valence-electron chi connectivity index (χ4n) is 3.76. The number of likely N-dealkylation sites (tertiary alicyclic amines) is 1. The van der Waals surface area contributed by atoms with Gasteiger partial charge in [0.15, 0.2) is 0 Å². The summed E-state index contributed by atoms with van der Waals surface area (Å²) in [7, 11) is 0. The molecule has 1 aromatic carbocycles.